The third-order valence-electron chi connectivity index (χ3n) is 3.55. The quantitative estimate of drug-likeness (QED) is 0.588. The summed E-state index contributed by atoms with van der Waals surface area (Å²) in [7, 11) is 0. The highest BCUT2D eigenvalue weighted by molar-refractivity contribution is 5.81. The molecule has 0 radical (unpaired) electrons. The fraction of sp³-hybridized carbons (Fsp3) is 0.444. The van der Waals surface area contributed by atoms with Crippen LogP contribution in [0.5, 0.6) is 0 Å². The monoisotopic (exact) mass is 285 g/mol. The van der Waals surface area contributed by atoms with E-state index in [0.717, 1.165) is 29.3 Å². The van der Waals surface area contributed by atoms with Gasteiger partial charge >= 0.3 is 5.97 Å². The summed E-state index contributed by atoms with van der Waals surface area (Å²) in [4.78, 5) is 16.2. The molecule has 0 aliphatic heterocycles. The number of benzene rings is 1. The Morgan fingerprint density at radius 1 is 1.29 bits per heavy atom. The Bertz CT molecular complexity index is 620. The summed E-state index contributed by atoms with van der Waals surface area (Å²) in [5.74, 6) is 0.303. The van der Waals surface area contributed by atoms with Crippen LogP contribution < -0.4 is 0 Å². The Kier molecular flexibility index (Phi) is 5.32. The first-order valence-corrected chi connectivity index (χ1v) is 7.64. The highest BCUT2D eigenvalue weighted by atomic mass is 16.5. The number of carbonyl (C=O) groups excluding carboxylic acids is 1. The molecule has 0 aliphatic carbocycles. The van der Waals surface area contributed by atoms with Gasteiger partial charge in [0.2, 0.25) is 0 Å². The van der Waals surface area contributed by atoms with E-state index < -0.39 is 0 Å². The van der Waals surface area contributed by atoms with Crippen molar-refractivity contribution in [3.05, 3.63) is 41.6 Å². The zero-order chi connectivity index (χ0) is 15.2. The lowest BCUT2D eigenvalue weighted by atomic mass is 10.0. The number of unbranched alkanes of at least 4 members (excludes halogenated alkanes) is 1. The number of hydrogen-bond donors (Lipinski definition) is 0. The van der Waals surface area contributed by atoms with Crippen LogP contribution in [-0.4, -0.2) is 17.6 Å². The topological polar surface area (TPSA) is 39.2 Å². The number of ether oxygens (including phenoxy) is 1. The van der Waals surface area contributed by atoms with E-state index in [1.807, 2.05) is 24.4 Å². The fourth-order valence-corrected chi connectivity index (χ4v) is 2.16. The molecule has 0 spiro atoms. The Morgan fingerprint density at radius 2 is 2.10 bits per heavy atom. The second-order valence-corrected chi connectivity index (χ2v) is 5.70. The first kappa shape index (κ1) is 15.5. The molecule has 1 aromatic heterocycles. The molecule has 2 rings (SSSR count). The average molecular weight is 285 g/mol. The Labute approximate surface area is 126 Å². The molecule has 0 atom stereocenters. The molecule has 0 unspecified atom stereocenters. The molecule has 3 nitrogen and oxygen atoms in total. The largest absolute Gasteiger partial charge is 0.465 e. The van der Waals surface area contributed by atoms with Crippen LogP contribution in [0, 0.1) is 0 Å². The van der Waals surface area contributed by atoms with Crippen molar-refractivity contribution in [3.63, 3.8) is 0 Å². The molecular weight excluding hydrogens is 262 g/mol. The number of esters is 1. The van der Waals surface area contributed by atoms with Gasteiger partial charge in [-0.3, -0.25) is 9.78 Å². The lowest BCUT2D eigenvalue weighted by Gasteiger charge is -2.08. The van der Waals surface area contributed by atoms with Crippen molar-refractivity contribution in [1.29, 1.82) is 0 Å². The number of rotatable bonds is 6. The van der Waals surface area contributed by atoms with Crippen LogP contribution in [-0.2, 0) is 16.0 Å². The van der Waals surface area contributed by atoms with E-state index in [2.05, 4.69) is 31.8 Å². The second-order valence-electron chi connectivity index (χ2n) is 5.70. The predicted molar refractivity (Wildman–Crippen MR) is 85.4 cm³/mol. The van der Waals surface area contributed by atoms with Crippen LogP contribution in [0.2, 0.25) is 0 Å². The average Bonchev–Trinajstić information content (AvgIpc) is 2.46. The summed E-state index contributed by atoms with van der Waals surface area (Å²) in [6.07, 6.45) is 4.18. The summed E-state index contributed by atoms with van der Waals surface area (Å²) in [5, 5.41) is 1.12. The van der Waals surface area contributed by atoms with Gasteiger partial charge in [-0.05, 0) is 35.6 Å². The Hall–Kier alpha value is -1.90. The first-order chi connectivity index (χ1) is 10.1. The van der Waals surface area contributed by atoms with Crippen molar-refractivity contribution in [2.75, 3.05) is 6.61 Å². The lowest BCUT2D eigenvalue weighted by Crippen LogP contribution is -2.09. The van der Waals surface area contributed by atoms with Crippen molar-refractivity contribution in [2.45, 2.75) is 46.0 Å². The molecule has 0 saturated carbocycles. The Balaban J connectivity index is 2.08. The normalized spacial score (nSPS) is 11.0. The summed E-state index contributed by atoms with van der Waals surface area (Å²) in [6, 6.07) is 8.15. The molecule has 0 aliphatic rings. The molecule has 21 heavy (non-hydrogen) atoms. The third-order valence-corrected chi connectivity index (χ3v) is 3.55. The summed E-state index contributed by atoms with van der Waals surface area (Å²) >= 11 is 0. The van der Waals surface area contributed by atoms with Crippen LogP contribution >= 0.6 is 0 Å². The molecule has 0 bridgehead atoms. The number of pyridine rings is 1. The van der Waals surface area contributed by atoms with Crippen LogP contribution in [0.4, 0.5) is 0 Å². The van der Waals surface area contributed by atoms with E-state index in [9.17, 15) is 4.79 Å². The maximum absolute atomic E-state index is 11.7. The highest BCUT2D eigenvalue weighted by Crippen LogP contribution is 2.20. The van der Waals surface area contributed by atoms with Gasteiger partial charge in [-0.1, -0.05) is 39.3 Å². The van der Waals surface area contributed by atoms with Crippen molar-refractivity contribution < 1.29 is 9.53 Å². The minimum Gasteiger partial charge on any atom is -0.465 e. The van der Waals surface area contributed by atoms with E-state index in [0.29, 0.717) is 18.9 Å². The predicted octanol–water partition coefficient (Wildman–Crippen LogP) is 4.24. The van der Waals surface area contributed by atoms with Gasteiger partial charge < -0.3 is 4.74 Å². The number of nitrogens with zero attached hydrogens (tertiary/aromatic N) is 1. The number of fused-ring (bicyclic) bond motifs is 1. The van der Waals surface area contributed by atoms with Gasteiger partial charge in [0.05, 0.1) is 18.5 Å². The van der Waals surface area contributed by atoms with Crippen LogP contribution in [0.25, 0.3) is 10.9 Å². The van der Waals surface area contributed by atoms with Gasteiger partial charge in [-0.25, -0.2) is 0 Å². The molecular formula is C18H23NO2. The summed E-state index contributed by atoms with van der Waals surface area (Å²) < 4.78 is 5.19. The second kappa shape index (κ2) is 7.21. The molecule has 0 fully saturated rings. The standard InChI is InChI=1S/C18H23NO2/c1-4-5-8-21-18(20)10-14-6-7-15-11-16(13(2)3)12-19-17(15)9-14/h6-7,9,11-13H,4-5,8,10H2,1-3H3. The van der Waals surface area contributed by atoms with Crippen LogP contribution in [0.3, 0.4) is 0 Å². The van der Waals surface area contributed by atoms with Gasteiger partial charge in [-0.2, -0.15) is 0 Å². The van der Waals surface area contributed by atoms with E-state index in [4.69, 9.17) is 4.74 Å². The zero-order valence-electron chi connectivity index (χ0n) is 13.1. The number of aromatic nitrogens is 1. The highest BCUT2D eigenvalue weighted by Gasteiger charge is 2.07. The van der Waals surface area contributed by atoms with E-state index in [1.165, 1.54) is 5.56 Å². The molecule has 1 aromatic carbocycles. The van der Waals surface area contributed by atoms with Gasteiger partial charge in [0.25, 0.3) is 0 Å². The summed E-state index contributed by atoms with van der Waals surface area (Å²) in [5.41, 5.74) is 3.11. The van der Waals surface area contributed by atoms with Crippen molar-refractivity contribution in [1.82, 2.24) is 4.98 Å². The number of carbonyl (C=O) groups is 1. The summed E-state index contributed by atoms with van der Waals surface area (Å²) in [6.45, 7) is 6.90. The SMILES string of the molecule is CCCCOC(=O)Cc1ccc2cc(C(C)C)cnc2c1. The minimum atomic E-state index is -0.165. The zero-order valence-corrected chi connectivity index (χ0v) is 13.1. The third kappa shape index (κ3) is 4.28. The van der Waals surface area contributed by atoms with Gasteiger partial charge in [-0.15, -0.1) is 0 Å². The fourth-order valence-electron chi connectivity index (χ4n) is 2.16. The Morgan fingerprint density at radius 3 is 2.81 bits per heavy atom. The van der Waals surface area contributed by atoms with Crippen LogP contribution in [0.15, 0.2) is 30.5 Å². The first-order valence-electron chi connectivity index (χ1n) is 7.64. The molecule has 112 valence electrons. The van der Waals surface area contributed by atoms with E-state index >= 15 is 0 Å². The van der Waals surface area contributed by atoms with Gasteiger partial charge in [0.1, 0.15) is 0 Å². The molecule has 2 aromatic rings. The van der Waals surface area contributed by atoms with Crippen LogP contribution in [0.1, 0.15) is 50.7 Å². The maximum Gasteiger partial charge on any atom is 0.310 e. The molecule has 3 heteroatoms. The molecule has 0 amide bonds. The number of hydrogen-bond acceptors (Lipinski definition) is 3. The maximum atomic E-state index is 11.7. The lowest BCUT2D eigenvalue weighted by molar-refractivity contribution is -0.142. The molecule has 0 saturated heterocycles. The van der Waals surface area contributed by atoms with Crippen molar-refractivity contribution in [3.8, 4) is 0 Å². The molecule has 0 N–H and O–H groups in total. The van der Waals surface area contributed by atoms with Gasteiger partial charge in [0, 0.05) is 11.6 Å². The molecule has 1 heterocycles. The van der Waals surface area contributed by atoms with E-state index in [-0.39, 0.29) is 5.97 Å². The minimum absolute atomic E-state index is 0.165. The van der Waals surface area contributed by atoms with Crippen molar-refractivity contribution >= 4 is 16.9 Å². The smallest absolute Gasteiger partial charge is 0.310 e. The van der Waals surface area contributed by atoms with Gasteiger partial charge in [0.15, 0.2) is 0 Å². The van der Waals surface area contributed by atoms with E-state index in [1.54, 1.807) is 0 Å². The van der Waals surface area contributed by atoms with Crippen molar-refractivity contribution in [2.24, 2.45) is 0 Å².